The van der Waals surface area contributed by atoms with E-state index in [-0.39, 0.29) is 12.1 Å². The van der Waals surface area contributed by atoms with Crippen molar-refractivity contribution in [2.24, 2.45) is 5.92 Å². The van der Waals surface area contributed by atoms with Gasteiger partial charge in [-0.1, -0.05) is 32.6 Å². The van der Waals surface area contributed by atoms with Crippen molar-refractivity contribution in [2.45, 2.75) is 64.9 Å². The van der Waals surface area contributed by atoms with Crippen molar-refractivity contribution in [1.82, 2.24) is 0 Å². The van der Waals surface area contributed by atoms with Gasteiger partial charge in [-0.15, -0.1) is 0 Å². The number of carbonyl (C=O) groups is 1. The minimum atomic E-state index is -0.345. The summed E-state index contributed by atoms with van der Waals surface area (Å²) in [5.74, 6) is 0.461. The Morgan fingerprint density at radius 3 is 2.53 bits per heavy atom. The van der Waals surface area contributed by atoms with Gasteiger partial charge in [-0.25, -0.2) is 4.79 Å². The summed E-state index contributed by atoms with van der Waals surface area (Å²) in [6, 6.07) is 0. The fraction of sp³-hybridized carbons (Fsp3) is 0.929. The molecule has 0 aromatic heterocycles. The third-order valence-electron chi connectivity index (χ3n) is 3.36. The highest BCUT2D eigenvalue weighted by atomic mass is 16.6. The number of hydrogen-bond acceptors (Lipinski definition) is 3. The van der Waals surface area contributed by atoms with Crippen molar-refractivity contribution in [1.29, 1.82) is 0 Å². The van der Waals surface area contributed by atoms with E-state index in [2.05, 4.69) is 6.92 Å². The Balaban J connectivity index is 2.29. The lowest BCUT2D eigenvalue weighted by atomic mass is 9.90. The van der Waals surface area contributed by atoms with Crippen LogP contribution in [0.2, 0.25) is 0 Å². The van der Waals surface area contributed by atoms with Crippen molar-refractivity contribution in [3.05, 3.63) is 0 Å². The first-order chi connectivity index (χ1) is 8.27. The molecule has 0 heterocycles. The molecule has 0 saturated heterocycles. The maximum atomic E-state index is 11.7. The smallest absolute Gasteiger partial charge is 0.335 e. The van der Waals surface area contributed by atoms with E-state index in [1.807, 2.05) is 6.92 Å². The monoisotopic (exact) mass is 242 g/mol. The molecule has 100 valence electrons. The van der Waals surface area contributed by atoms with Gasteiger partial charge in [-0.05, 0) is 32.1 Å². The molecule has 0 spiro atoms. The van der Waals surface area contributed by atoms with Gasteiger partial charge < -0.3 is 9.47 Å². The Labute approximate surface area is 105 Å². The van der Waals surface area contributed by atoms with E-state index >= 15 is 0 Å². The lowest BCUT2D eigenvalue weighted by Gasteiger charge is -2.24. The zero-order chi connectivity index (χ0) is 12.5. The molecule has 1 saturated carbocycles. The van der Waals surface area contributed by atoms with Crippen molar-refractivity contribution in [3.8, 4) is 0 Å². The minimum absolute atomic E-state index is 0.190. The van der Waals surface area contributed by atoms with E-state index in [0.717, 1.165) is 19.4 Å². The van der Waals surface area contributed by atoms with Crippen LogP contribution in [0.1, 0.15) is 58.8 Å². The second kappa shape index (κ2) is 8.51. The Kier molecular flexibility index (Phi) is 7.25. The van der Waals surface area contributed by atoms with E-state index in [9.17, 15) is 4.79 Å². The first-order valence-corrected chi connectivity index (χ1v) is 7.06. The number of hydrogen-bond donors (Lipinski definition) is 0. The maximum absolute atomic E-state index is 11.7. The summed E-state index contributed by atoms with van der Waals surface area (Å²) in [6.07, 6.45) is 7.86. The summed E-state index contributed by atoms with van der Waals surface area (Å²) in [6.45, 7) is 5.06. The molecule has 1 rings (SSSR count). The van der Waals surface area contributed by atoms with Crippen LogP contribution >= 0.6 is 0 Å². The van der Waals surface area contributed by atoms with Crippen LogP contribution in [-0.2, 0) is 14.3 Å². The molecule has 3 nitrogen and oxygen atoms in total. The van der Waals surface area contributed by atoms with Gasteiger partial charge in [0.15, 0.2) is 6.10 Å². The van der Waals surface area contributed by atoms with E-state index in [1.165, 1.54) is 32.1 Å². The van der Waals surface area contributed by atoms with Gasteiger partial charge in [-0.3, -0.25) is 0 Å². The maximum Gasteiger partial charge on any atom is 0.335 e. The molecule has 1 aliphatic carbocycles. The van der Waals surface area contributed by atoms with Crippen LogP contribution in [0.3, 0.4) is 0 Å². The van der Waals surface area contributed by atoms with Gasteiger partial charge in [0.1, 0.15) is 0 Å². The number of esters is 1. The minimum Gasteiger partial charge on any atom is -0.464 e. The third kappa shape index (κ3) is 5.53. The molecule has 17 heavy (non-hydrogen) atoms. The van der Waals surface area contributed by atoms with Gasteiger partial charge in [0.05, 0.1) is 13.2 Å². The second-order valence-electron chi connectivity index (χ2n) is 4.87. The van der Waals surface area contributed by atoms with Crippen LogP contribution in [0.5, 0.6) is 0 Å². The largest absolute Gasteiger partial charge is 0.464 e. The van der Waals surface area contributed by atoms with Gasteiger partial charge in [0, 0.05) is 0 Å². The fourth-order valence-electron chi connectivity index (χ4n) is 2.37. The number of ether oxygens (including phenoxy) is 2. The summed E-state index contributed by atoms with van der Waals surface area (Å²) < 4.78 is 10.8. The third-order valence-corrected chi connectivity index (χ3v) is 3.36. The van der Waals surface area contributed by atoms with Gasteiger partial charge >= 0.3 is 5.97 Å². The molecule has 0 aliphatic heterocycles. The highest BCUT2D eigenvalue weighted by Crippen LogP contribution is 2.24. The van der Waals surface area contributed by atoms with Crippen molar-refractivity contribution in [2.75, 3.05) is 13.2 Å². The van der Waals surface area contributed by atoms with E-state index < -0.39 is 0 Å². The number of rotatable bonds is 7. The molecule has 3 heteroatoms. The molecule has 0 bridgehead atoms. The standard InChI is InChI=1S/C14H26O3/c1-3-8-13(14(15)16-4-2)17-11-12-9-6-5-7-10-12/h12-13H,3-11H2,1-2H3. The average molecular weight is 242 g/mol. The topological polar surface area (TPSA) is 35.5 Å². The fourth-order valence-corrected chi connectivity index (χ4v) is 2.37. The van der Waals surface area contributed by atoms with Crippen LogP contribution in [0.25, 0.3) is 0 Å². The van der Waals surface area contributed by atoms with E-state index in [0.29, 0.717) is 12.5 Å². The quantitative estimate of drug-likeness (QED) is 0.642. The Bertz CT molecular complexity index is 210. The lowest BCUT2D eigenvalue weighted by molar-refractivity contribution is -0.158. The first kappa shape index (κ1) is 14.5. The van der Waals surface area contributed by atoms with Crippen molar-refractivity contribution >= 4 is 5.97 Å². The van der Waals surface area contributed by atoms with Gasteiger partial charge in [0.25, 0.3) is 0 Å². The second-order valence-corrected chi connectivity index (χ2v) is 4.87. The van der Waals surface area contributed by atoms with Crippen molar-refractivity contribution in [3.63, 3.8) is 0 Å². The van der Waals surface area contributed by atoms with Gasteiger partial charge in [-0.2, -0.15) is 0 Å². The highest BCUT2D eigenvalue weighted by molar-refractivity contribution is 5.74. The SMILES string of the molecule is CCCC(OCC1CCCCC1)C(=O)OCC. The highest BCUT2D eigenvalue weighted by Gasteiger charge is 2.22. The van der Waals surface area contributed by atoms with Crippen LogP contribution in [0.4, 0.5) is 0 Å². The molecule has 1 fully saturated rings. The molecule has 0 aromatic rings. The molecule has 0 amide bonds. The molecule has 1 aliphatic rings. The summed E-state index contributed by atoms with van der Waals surface area (Å²) in [4.78, 5) is 11.7. The molecular formula is C14H26O3. The van der Waals surface area contributed by atoms with Crippen LogP contribution in [-0.4, -0.2) is 25.3 Å². The molecule has 0 N–H and O–H groups in total. The predicted octanol–water partition coefficient (Wildman–Crippen LogP) is 3.32. The van der Waals surface area contributed by atoms with Gasteiger partial charge in [0.2, 0.25) is 0 Å². The Morgan fingerprint density at radius 1 is 1.24 bits per heavy atom. The van der Waals surface area contributed by atoms with Crippen molar-refractivity contribution < 1.29 is 14.3 Å². The summed E-state index contributed by atoms with van der Waals surface area (Å²) in [5, 5.41) is 0. The summed E-state index contributed by atoms with van der Waals surface area (Å²) in [5.41, 5.74) is 0. The Morgan fingerprint density at radius 2 is 1.94 bits per heavy atom. The molecule has 0 radical (unpaired) electrons. The molecule has 1 unspecified atom stereocenters. The number of carbonyl (C=O) groups excluding carboxylic acids is 1. The lowest BCUT2D eigenvalue weighted by Crippen LogP contribution is -2.29. The zero-order valence-corrected chi connectivity index (χ0v) is 11.2. The molecule has 1 atom stereocenters. The normalized spacial score (nSPS) is 18.9. The average Bonchev–Trinajstić information content (AvgIpc) is 2.36. The summed E-state index contributed by atoms with van der Waals surface area (Å²) >= 11 is 0. The molecular weight excluding hydrogens is 216 g/mol. The Hall–Kier alpha value is -0.570. The molecule has 0 aromatic carbocycles. The zero-order valence-electron chi connectivity index (χ0n) is 11.2. The van der Waals surface area contributed by atoms with E-state index in [1.54, 1.807) is 0 Å². The van der Waals surface area contributed by atoms with Crippen LogP contribution in [0.15, 0.2) is 0 Å². The van der Waals surface area contributed by atoms with Crippen LogP contribution in [0, 0.1) is 5.92 Å². The van der Waals surface area contributed by atoms with E-state index in [4.69, 9.17) is 9.47 Å². The first-order valence-electron chi connectivity index (χ1n) is 7.06. The van der Waals surface area contributed by atoms with Crippen LogP contribution < -0.4 is 0 Å². The predicted molar refractivity (Wildman–Crippen MR) is 67.9 cm³/mol. The summed E-state index contributed by atoms with van der Waals surface area (Å²) in [7, 11) is 0.